The lowest BCUT2D eigenvalue weighted by molar-refractivity contribution is -0.132. The normalized spacial score (nSPS) is 21.9. The van der Waals surface area contributed by atoms with Gasteiger partial charge >= 0.3 is 0 Å². The second-order valence-electron chi connectivity index (χ2n) is 7.47. The Morgan fingerprint density at radius 1 is 1.28 bits per heavy atom. The van der Waals surface area contributed by atoms with Crippen LogP contribution >= 0.6 is 11.6 Å². The molecule has 1 aliphatic rings. The fraction of sp³-hybridized carbons (Fsp3) is 0.421. The van der Waals surface area contributed by atoms with E-state index < -0.39 is 29.6 Å². The number of halogens is 2. The maximum atomic E-state index is 14.1. The summed E-state index contributed by atoms with van der Waals surface area (Å²) >= 11 is 5.78. The van der Waals surface area contributed by atoms with E-state index in [1.165, 1.54) is 17.1 Å². The zero-order valence-corrected chi connectivity index (χ0v) is 16.8. The summed E-state index contributed by atoms with van der Waals surface area (Å²) in [5.74, 6) is -2.90. The highest BCUT2D eigenvalue weighted by Gasteiger charge is 2.38. The van der Waals surface area contributed by atoms with Crippen LogP contribution in [0.25, 0.3) is 10.9 Å². The summed E-state index contributed by atoms with van der Waals surface area (Å²) in [6.45, 7) is 0. The summed E-state index contributed by atoms with van der Waals surface area (Å²) in [6.07, 6.45) is 1.17. The highest BCUT2D eigenvalue weighted by Crippen LogP contribution is 2.30. The maximum absolute atomic E-state index is 14.1. The highest BCUT2D eigenvalue weighted by atomic mass is 35.5. The van der Waals surface area contributed by atoms with E-state index in [-0.39, 0.29) is 34.3 Å². The standard InChI is InChI=1S/C19H23ClFN5O3/c1-26(2)25-18(28)9-3-5-14(11(7-9)17(22)27)24-19(29)15-8-10-13(23-15)6-4-12(20)16(10)21/h4,6,8-9,11,14,23H,3,5,7H2,1-2H3,(H2,22,27)(H,24,29)(H,25,28). The van der Waals surface area contributed by atoms with Crippen LogP contribution in [0.5, 0.6) is 0 Å². The van der Waals surface area contributed by atoms with E-state index in [0.717, 1.165) is 0 Å². The number of carbonyl (C=O) groups is 3. The van der Waals surface area contributed by atoms with E-state index in [4.69, 9.17) is 17.3 Å². The van der Waals surface area contributed by atoms with Crippen molar-refractivity contribution in [2.45, 2.75) is 25.3 Å². The third-order valence-corrected chi connectivity index (χ3v) is 5.46. The number of primary amides is 1. The van der Waals surface area contributed by atoms with Gasteiger partial charge in [-0.3, -0.25) is 19.8 Å². The van der Waals surface area contributed by atoms with Crippen LogP contribution in [0.4, 0.5) is 4.39 Å². The van der Waals surface area contributed by atoms with Crippen molar-refractivity contribution in [2.24, 2.45) is 17.6 Å². The average molecular weight is 424 g/mol. The summed E-state index contributed by atoms with van der Waals surface area (Å²) in [7, 11) is 3.40. The second kappa shape index (κ2) is 8.38. The van der Waals surface area contributed by atoms with E-state index in [2.05, 4.69) is 15.7 Å². The molecule has 1 saturated carbocycles. The van der Waals surface area contributed by atoms with Crippen molar-refractivity contribution in [1.29, 1.82) is 0 Å². The predicted octanol–water partition coefficient (Wildman–Crippen LogP) is 1.55. The number of H-pyrrole nitrogens is 1. The zero-order valence-electron chi connectivity index (χ0n) is 16.1. The van der Waals surface area contributed by atoms with Gasteiger partial charge in [0, 0.05) is 37.0 Å². The molecule has 10 heteroatoms. The number of amides is 3. The van der Waals surface area contributed by atoms with Crippen LogP contribution in [0.1, 0.15) is 29.8 Å². The van der Waals surface area contributed by atoms with Gasteiger partial charge < -0.3 is 16.0 Å². The maximum Gasteiger partial charge on any atom is 0.267 e. The third-order valence-electron chi connectivity index (χ3n) is 5.17. The molecule has 3 amide bonds. The molecule has 1 aromatic heterocycles. The molecule has 1 heterocycles. The highest BCUT2D eigenvalue weighted by molar-refractivity contribution is 6.31. The van der Waals surface area contributed by atoms with Gasteiger partial charge in [-0.15, -0.1) is 0 Å². The Bertz CT molecular complexity index is 961. The molecule has 0 aliphatic heterocycles. The van der Waals surface area contributed by atoms with Gasteiger partial charge in [0.1, 0.15) is 5.69 Å². The van der Waals surface area contributed by atoms with Gasteiger partial charge in [-0.25, -0.2) is 9.40 Å². The lowest BCUT2D eigenvalue weighted by Gasteiger charge is -2.34. The number of carbonyl (C=O) groups excluding carboxylic acids is 3. The SMILES string of the molecule is CN(C)NC(=O)C1CCC(NC(=O)c2cc3c(F)c(Cl)ccc3[nH]2)C(C(N)=O)C1. The number of aromatic nitrogens is 1. The fourth-order valence-corrected chi connectivity index (χ4v) is 3.88. The minimum atomic E-state index is -0.679. The summed E-state index contributed by atoms with van der Waals surface area (Å²) in [6, 6.07) is 3.85. The van der Waals surface area contributed by atoms with E-state index >= 15 is 0 Å². The number of benzene rings is 1. The molecule has 1 aromatic carbocycles. The number of hydrogen-bond donors (Lipinski definition) is 4. The molecule has 5 N–H and O–H groups in total. The Balaban J connectivity index is 1.73. The van der Waals surface area contributed by atoms with Crippen LogP contribution in [0.15, 0.2) is 18.2 Å². The van der Waals surface area contributed by atoms with Gasteiger partial charge in [0.2, 0.25) is 11.8 Å². The Morgan fingerprint density at radius 3 is 2.66 bits per heavy atom. The van der Waals surface area contributed by atoms with E-state index in [0.29, 0.717) is 18.4 Å². The van der Waals surface area contributed by atoms with Gasteiger partial charge in [0.05, 0.1) is 10.9 Å². The number of nitrogens with two attached hydrogens (primary N) is 1. The second-order valence-corrected chi connectivity index (χ2v) is 7.88. The molecule has 156 valence electrons. The van der Waals surface area contributed by atoms with Crippen LogP contribution in [-0.4, -0.2) is 47.9 Å². The van der Waals surface area contributed by atoms with Gasteiger partial charge in [-0.05, 0) is 37.5 Å². The van der Waals surface area contributed by atoms with Crippen molar-refractivity contribution in [3.63, 3.8) is 0 Å². The van der Waals surface area contributed by atoms with Crippen molar-refractivity contribution >= 4 is 40.2 Å². The number of hydrazine groups is 1. The first-order chi connectivity index (χ1) is 13.7. The van der Waals surface area contributed by atoms with Crippen LogP contribution in [0.2, 0.25) is 5.02 Å². The van der Waals surface area contributed by atoms with Gasteiger partial charge in [-0.2, -0.15) is 0 Å². The number of nitrogens with zero attached hydrogens (tertiary/aromatic N) is 1. The van der Waals surface area contributed by atoms with Gasteiger partial charge in [-0.1, -0.05) is 11.6 Å². The largest absolute Gasteiger partial charge is 0.369 e. The molecule has 3 rings (SSSR count). The molecule has 2 aromatic rings. The Morgan fingerprint density at radius 2 is 2.00 bits per heavy atom. The molecule has 8 nitrogen and oxygen atoms in total. The Hall–Kier alpha value is -2.65. The fourth-order valence-electron chi connectivity index (χ4n) is 3.72. The molecule has 3 unspecified atom stereocenters. The monoisotopic (exact) mass is 423 g/mol. The van der Waals surface area contributed by atoms with E-state index in [9.17, 15) is 18.8 Å². The molecule has 0 radical (unpaired) electrons. The lowest BCUT2D eigenvalue weighted by atomic mass is 9.77. The number of fused-ring (bicyclic) bond motifs is 1. The third kappa shape index (κ3) is 4.51. The molecule has 0 bridgehead atoms. The van der Waals surface area contributed by atoms with Crippen LogP contribution in [-0.2, 0) is 9.59 Å². The van der Waals surface area contributed by atoms with Crippen LogP contribution in [0.3, 0.4) is 0 Å². The predicted molar refractivity (Wildman–Crippen MR) is 106 cm³/mol. The topological polar surface area (TPSA) is 120 Å². The molecule has 0 saturated heterocycles. The van der Waals surface area contributed by atoms with Gasteiger partial charge in [0.15, 0.2) is 5.82 Å². The van der Waals surface area contributed by atoms with Crippen molar-refractivity contribution < 1.29 is 18.8 Å². The number of aromatic amines is 1. The molecular formula is C19H23ClFN5O3. The minimum absolute atomic E-state index is 0.0356. The molecule has 0 spiro atoms. The van der Waals surface area contributed by atoms with Crippen molar-refractivity contribution in [2.75, 3.05) is 14.1 Å². The number of nitrogens with one attached hydrogen (secondary N) is 3. The minimum Gasteiger partial charge on any atom is -0.369 e. The average Bonchev–Trinajstić information content (AvgIpc) is 3.09. The van der Waals surface area contributed by atoms with E-state index in [1.807, 2.05) is 0 Å². The Kier molecular flexibility index (Phi) is 6.09. The molecule has 1 aliphatic carbocycles. The number of rotatable bonds is 5. The van der Waals surface area contributed by atoms with Crippen molar-refractivity contribution in [1.82, 2.24) is 20.7 Å². The summed E-state index contributed by atoms with van der Waals surface area (Å²) in [4.78, 5) is 39.7. The van der Waals surface area contributed by atoms with E-state index in [1.54, 1.807) is 20.2 Å². The summed E-state index contributed by atoms with van der Waals surface area (Å²) in [5.41, 5.74) is 8.80. The molecule has 29 heavy (non-hydrogen) atoms. The van der Waals surface area contributed by atoms with Crippen molar-refractivity contribution in [3.05, 3.63) is 34.7 Å². The Labute approximate surface area is 171 Å². The molecular weight excluding hydrogens is 401 g/mol. The van der Waals surface area contributed by atoms with Crippen molar-refractivity contribution in [3.8, 4) is 0 Å². The number of hydrogen-bond acceptors (Lipinski definition) is 4. The molecule has 3 atom stereocenters. The first-order valence-electron chi connectivity index (χ1n) is 9.22. The zero-order chi connectivity index (χ0) is 21.3. The lowest BCUT2D eigenvalue weighted by Crippen LogP contribution is -2.51. The van der Waals surface area contributed by atoms with Gasteiger partial charge in [0.25, 0.3) is 5.91 Å². The first kappa shape index (κ1) is 21.1. The first-order valence-corrected chi connectivity index (χ1v) is 9.60. The van der Waals surface area contributed by atoms with Crippen LogP contribution < -0.4 is 16.5 Å². The molecule has 1 fully saturated rings. The van der Waals surface area contributed by atoms with Crippen LogP contribution in [0, 0.1) is 17.7 Å². The summed E-state index contributed by atoms with van der Waals surface area (Å²) in [5, 5.41) is 4.50. The smallest absolute Gasteiger partial charge is 0.267 e. The quantitative estimate of drug-likeness (QED) is 0.545. The summed E-state index contributed by atoms with van der Waals surface area (Å²) < 4.78 is 14.1.